The first kappa shape index (κ1) is 18.9. The molecule has 1 aliphatic rings. The molecule has 0 amide bonds. The Morgan fingerprint density at radius 2 is 1.68 bits per heavy atom. The molecule has 1 heterocycles. The molecule has 1 rings (SSSR count). The van der Waals surface area contributed by atoms with Crippen molar-refractivity contribution in [1.82, 2.24) is 4.90 Å². The van der Waals surface area contributed by atoms with E-state index < -0.39 is 17.5 Å². The number of hydrogen-bond donors (Lipinski definition) is 0. The first-order chi connectivity index (χ1) is 10.5. The Labute approximate surface area is 134 Å². The maximum Gasteiger partial charge on any atom is 0.338 e. The number of likely N-dealkylation sites (N-methyl/N-ethyl adjacent to an activating group) is 1. The monoisotopic (exact) mass is 313 g/mol. The summed E-state index contributed by atoms with van der Waals surface area (Å²) in [5.41, 5.74) is -1.26. The molecule has 1 fully saturated rings. The largest absolute Gasteiger partial charge is 0.464 e. The molecule has 5 heteroatoms. The molecular weight excluding hydrogens is 282 g/mol. The zero-order valence-electron chi connectivity index (χ0n) is 14.5. The number of likely N-dealkylation sites (tertiary alicyclic amines) is 1. The van der Waals surface area contributed by atoms with Crippen LogP contribution in [0.3, 0.4) is 0 Å². The lowest BCUT2D eigenvalue weighted by Gasteiger charge is -2.43. The van der Waals surface area contributed by atoms with E-state index in [1.54, 1.807) is 13.8 Å². The Morgan fingerprint density at radius 1 is 1.09 bits per heavy atom. The van der Waals surface area contributed by atoms with Crippen LogP contribution in [0.1, 0.15) is 59.3 Å². The van der Waals surface area contributed by atoms with E-state index in [0.29, 0.717) is 18.9 Å². The van der Waals surface area contributed by atoms with E-state index >= 15 is 0 Å². The summed E-state index contributed by atoms with van der Waals surface area (Å²) >= 11 is 0. The predicted octanol–water partition coefficient (Wildman–Crippen LogP) is 2.77. The molecule has 0 saturated carbocycles. The SMILES string of the molecule is CCCCCC1CCN(C)C(C(=O)OCC)(C(=O)OCC)C1. The maximum atomic E-state index is 12.6. The Hall–Kier alpha value is -1.10. The number of hydrogen-bond acceptors (Lipinski definition) is 5. The summed E-state index contributed by atoms with van der Waals surface area (Å²) in [6.45, 7) is 6.96. The molecule has 1 unspecified atom stereocenters. The Kier molecular flexibility index (Phi) is 7.87. The van der Waals surface area contributed by atoms with Gasteiger partial charge in [0.15, 0.2) is 0 Å². The molecule has 0 spiro atoms. The summed E-state index contributed by atoms with van der Waals surface area (Å²) in [4.78, 5) is 26.9. The van der Waals surface area contributed by atoms with Gasteiger partial charge in [-0.25, -0.2) is 9.59 Å². The van der Waals surface area contributed by atoms with Gasteiger partial charge in [0, 0.05) is 0 Å². The summed E-state index contributed by atoms with van der Waals surface area (Å²) in [7, 11) is 1.82. The molecule has 0 N–H and O–H groups in total. The van der Waals surface area contributed by atoms with Gasteiger partial charge in [-0.3, -0.25) is 4.90 Å². The molecule has 0 aromatic carbocycles. The standard InChI is InChI=1S/C17H31NO4/c1-5-8-9-10-14-11-12-18(4)17(13-14,15(19)21-6-2)16(20)22-7-3/h14H,5-13H2,1-4H3. The Bertz CT molecular complexity index is 352. The summed E-state index contributed by atoms with van der Waals surface area (Å²) in [5, 5.41) is 0. The Morgan fingerprint density at radius 3 is 2.18 bits per heavy atom. The molecule has 0 aliphatic carbocycles. The number of ether oxygens (including phenoxy) is 2. The van der Waals surface area contributed by atoms with Crippen molar-refractivity contribution in [3.63, 3.8) is 0 Å². The fourth-order valence-corrected chi connectivity index (χ4v) is 3.23. The van der Waals surface area contributed by atoms with Crippen LogP contribution in [0.25, 0.3) is 0 Å². The number of unbranched alkanes of at least 4 members (excludes halogenated alkanes) is 2. The fourth-order valence-electron chi connectivity index (χ4n) is 3.23. The van der Waals surface area contributed by atoms with Crippen LogP contribution in [0, 0.1) is 5.92 Å². The van der Waals surface area contributed by atoms with Gasteiger partial charge in [-0.05, 0) is 46.2 Å². The first-order valence-corrected chi connectivity index (χ1v) is 8.58. The second-order valence-corrected chi connectivity index (χ2v) is 6.08. The van der Waals surface area contributed by atoms with Crippen molar-refractivity contribution in [3.8, 4) is 0 Å². The van der Waals surface area contributed by atoms with E-state index in [9.17, 15) is 9.59 Å². The van der Waals surface area contributed by atoms with Crippen LogP contribution in [0.4, 0.5) is 0 Å². The highest BCUT2D eigenvalue weighted by atomic mass is 16.6. The average Bonchev–Trinajstić information content (AvgIpc) is 2.49. The van der Waals surface area contributed by atoms with Gasteiger partial charge >= 0.3 is 11.9 Å². The van der Waals surface area contributed by atoms with Crippen molar-refractivity contribution in [3.05, 3.63) is 0 Å². The third kappa shape index (κ3) is 4.22. The van der Waals surface area contributed by atoms with Crippen molar-refractivity contribution in [2.45, 2.75) is 64.8 Å². The number of carbonyl (C=O) groups is 2. The number of carbonyl (C=O) groups excluding carboxylic acids is 2. The minimum atomic E-state index is -1.26. The van der Waals surface area contributed by atoms with E-state index in [1.165, 1.54) is 12.8 Å². The highest BCUT2D eigenvalue weighted by Gasteiger charge is 2.55. The molecule has 0 radical (unpaired) electrons. The molecule has 0 aromatic rings. The molecule has 1 atom stereocenters. The number of rotatable bonds is 8. The van der Waals surface area contributed by atoms with Crippen LogP contribution >= 0.6 is 0 Å². The van der Waals surface area contributed by atoms with Crippen LogP contribution in [-0.4, -0.2) is 49.2 Å². The van der Waals surface area contributed by atoms with Gasteiger partial charge in [0.2, 0.25) is 5.54 Å². The minimum Gasteiger partial charge on any atom is -0.464 e. The third-order valence-electron chi connectivity index (χ3n) is 4.55. The number of piperidine rings is 1. The highest BCUT2D eigenvalue weighted by Crippen LogP contribution is 2.36. The zero-order valence-corrected chi connectivity index (χ0v) is 14.5. The molecule has 128 valence electrons. The van der Waals surface area contributed by atoms with Crippen molar-refractivity contribution >= 4 is 11.9 Å². The van der Waals surface area contributed by atoms with E-state index in [4.69, 9.17) is 9.47 Å². The van der Waals surface area contributed by atoms with E-state index in [0.717, 1.165) is 19.3 Å². The topological polar surface area (TPSA) is 55.8 Å². The smallest absolute Gasteiger partial charge is 0.338 e. The van der Waals surface area contributed by atoms with Crippen molar-refractivity contribution in [2.24, 2.45) is 5.92 Å². The quantitative estimate of drug-likeness (QED) is 0.392. The molecule has 1 aliphatic heterocycles. The van der Waals surface area contributed by atoms with Crippen molar-refractivity contribution < 1.29 is 19.1 Å². The molecule has 5 nitrogen and oxygen atoms in total. The minimum absolute atomic E-state index is 0.272. The van der Waals surface area contributed by atoms with Crippen molar-refractivity contribution in [2.75, 3.05) is 26.8 Å². The van der Waals surface area contributed by atoms with Crippen LogP contribution in [-0.2, 0) is 19.1 Å². The van der Waals surface area contributed by atoms with Crippen LogP contribution in [0.15, 0.2) is 0 Å². The molecular formula is C17H31NO4. The molecule has 22 heavy (non-hydrogen) atoms. The second-order valence-electron chi connectivity index (χ2n) is 6.08. The van der Waals surface area contributed by atoms with Crippen LogP contribution in [0.5, 0.6) is 0 Å². The first-order valence-electron chi connectivity index (χ1n) is 8.58. The summed E-state index contributed by atoms with van der Waals surface area (Å²) in [6, 6.07) is 0. The van der Waals surface area contributed by atoms with Gasteiger partial charge in [0.1, 0.15) is 0 Å². The van der Waals surface area contributed by atoms with Gasteiger partial charge in [-0.2, -0.15) is 0 Å². The molecule has 0 bridgehead atoms. The Balaban J connectivity index is 2.93. The molecule has 1 saturated heterocycles. The van der Waals surface area contributed by atoms with E-state index in [1.807, 2.05) is 11.9 Å². The lowest BCUT2D eigenvalue weighted by atomic mass is 9.78. The lowest BCUT2D eigenvalue weighted by Crippen LogP contribution is -2.63. The summed E-state index contributed by atoms with van der Waals surface area (Å²) in [6.07, 6.45) is 6.09. The lowest BCUT2D eigenvalue weighted by molar-refractivity contribution is -0.178. The fraction of sp³-hybridized carbons (Fsp3) is 0.882. The summed E-state index contributed by atoms with van der Waals surface area (Å²) in [5.74, 6) is -0.552. The zero-order chi connectivity index (χ0) is 16.6. The van der Waals surface area contributed by atoms with E-state index in [-0.39, 0.29) is 13.2 Å². The van der Waals surface area contributed by atoms with Gasteiger partial charge in [0.05, 0.1) is 13.2 Å². The van der Waals surface area contributed by atoms with Gasteiger partial charge in [-0.1, -0.05) is 32.6 Å². The number of nitrogens with zero attached hydrogens (tertiary/aromatic N) is 1. The van der Waals surface area contributed by atoms with Crippen LogP contribution < -0.4 is 0 Å². The summed E-state index contributed by atoms with van der Waals surface area (Å²) < 4.78 is 10.4. The van der Waals surface area contributed by atoms with Crippen molar-refractivity contribution in [1.29, 1.82) is 0 Å². The third-order valence-corrected chi connectivity index (χ3v) is 4.55. The highest BCUT2D eigenvalue weighted by molar-refractivity contribution is 6.05. The van der Waals surface area contributed by atoms with E-state index in [2.05, 4.69) is 6.92 Å². The maximum absolute atomic E-state index is 12.6. The average molecular weight is 313 g/mol. The van der Waals surface area contributed by atoms with Crippen LogP contribution in [0.2, 0.25) is 0 Å². The predicted molar refractivity (Wildman–Crippen MR) is 85.5 cm³/mol. The van der Waals surface area contributed by atoms with Gasteiger partial charge in [-0.15, -0.1) is 0 Å². The van der Waals surface area contributed by atoms with Gasteiger partial charge < -0.3 is 9.47 Å². The number of esters is 2. The van der Waals surface area contributed by atoms with Gasteiger partial charge in [0.25, 0.3) is 0 Å². The normalized spacial score (nSPS) is 21.4. The molecule has 0 aromatic heterocycles. The second kappa shape index (κ2) is 9.13.